The molecule has 0 aromatic rings. The lowest BCUT2D eigenvalue weighted by atomic mass is 10.0. The number of allylic oxidation sites excluding steroid dienone is 2. The van der Waals surface area contributed by atoms with Crippen LogP contribution in [0, 0.1) is 5.92 Å². The molecule has 52 valence electrons. The molecule has 0 amide bonds. The van der Waals surface area contributed by atoms with Crippen LogP contribution in [0.3, 0.4) is 0 Å². The van der Waals surface area contributed by atoms with Gasteiger partial charge in [0.2, 0.25) is 0 Å². The smallest absolute Gasteiger partial charge is 0.0322 e. The molecule has 0 heterocycles. The third-order valence-electron chi connectivity index (χ3n) is 2.14. The molecule has 0 bridgehead atoms. The van der Waals surface area contributed by atoms with Crippen LogP contribution in [0.2, 0.25) is 0 Å². The van der Waals surface area contributed by atoms with E-state index in [9.17, 15) is 0 Å². The van der Waals surface area contributed by atoms with Gasteiger partial charge in [-0.05, 0) is 32.1 Å². The lowest BCUT2D eigenvalue weighted by molar-refractivity contribution is 0.531. The van der Waals surface area contributed by atoms with Gasteiger partial charge in [0.25, 0.3) is 0 Å². The summed E-state index contributed by atoms with van der Waals surface area (Å²) in [4.78, 5) is 0. The van der Waals surface area contributed by atoms with Crippen LogP contribution < -0.4 is 0 Å². The van der Waals surface area contributed by atoms with Crippen LogP contribution in [0.15, 0.2) is 11.6 Å². The Kier molecular flexibility index (Phi) is 2.32. The second-order valence-electron chi connectivity index (χ2n) is 3.28. The van der Waals surface area contributed by atoms with Crippen LogP contribution in [0.25, 0.3) is 0 Å². The van der Waals surface area contributed by atoms with Gasteiger partial charge in [0.1, 0.15) is 0 Å². The second kappa shape index (κ2) is 3.05. The maximum Gasteiger partial charge on any atom is -0.0322 e. The van der Waals surface area contributed by atoms with Crippen LogP contribution in [-0.4, -0.2) is 0 Å². The van der Waals surface area contributed by atoms with Crippen molar-refractivity contribution in [3.63, 3.8) is 0 Å². The lowest BCUT2D eigenvalue weighted by Crippen LogP contribution is -1.88. The molecule has 0 aromatic carbocycles. The van der Waals surface area contributed by atoms with E-state index >= 15 is 0 Å². The minimum Gasteiger partial charge on any atom is -0.0853 e. The quantitative estimate of drug-likeness (QED) is 0.435. The van der Waals surface area contributed by atoms with Gasteiger partial charge in [-0.3, -0.25) is 0 Å². The Hall–Kier alpha value is -0.260. The highest BCUT2D eigenvalue weighted by Gasteiger charge is 2.04. The van der Waals surface area contributed by atoms with Crippen LogP contribution in [-0.2, 0) is 0 Å². The highest BCUT2D eigenvalue weighted by Crippen LogP contribution is 2.20. The van der Waals surface area contributed by atoms with Gasteiger partial charge in [-0.1, -0.05) is 25.0 Å². The van der Waals surface area contributed by atoms with E-state index in [0.29, 0.717) is 0 Å². The van der Waals surface area contributed by atoms with E-state index in [2.05, 4.69) is 19.9 Å². The van der Waals surface area contributed by atoms with Crippen molar-refractivity contribution in [3.8, 4) is 0 Å². The molecule has 9 heavy (non-hydrogen) atoms. The van der Waals surface area contributed by atoms with Crippen LogP contribution in [0.5, 0.6) is 0 Å². The first-order valence-electron chi connectivity index (χ1n) is 3.94. The van der Waals surface area contributed by atoms with E-state index in [-0.39, 0.29) is 0 Å². The minimum absolute atomic E-state index is 0.933. The van der Waals surface area contributed by atoms with Gasteiger partial charge in [0.15, 0.2) is 0 Å². The molecule has 0 heteroatoms. The average Bonchev–Trinajstić information content (AvgIpc) is 1.97. The fourth-order valence-electron chi connectivity index (χ4n) is 1.35. The Balaban J connectivity index is 2.42. The van der Waals surface area contributed by atoms with Gasteiger partial charge < -0.3 is 0 Å². The fourth-order valence-corrected chi connectivity index (χ4v) is 1.35. The normalized spacial score (nSPS) is 29.1. The number of hydrogen-bond donors (Lipinski definition) is 0. The van der Waals surface area contributed by atoms with Crippen molar-refractivity contribution in [2.24, 2.45) is 5.92 Å². The number of hydrogen-bond acceptors (Lipinski definition) is 0. The summed E-state index contributed by atoms with van der Waals surface area (Å²) >= 11 is 0. The monoisotopic (exact) mass is 124 g/mol. The summed E-state index contributed by atoms with van der Waals surface area (Å²) in [6.45, 7) is 4.59. The summed E-state index contributed by atoms with van der Waals surface area (Å²) in [6, 6.07) is 0. The zero-order valence-corrected chi connectivity index (χ0v) is 6.48. The summed E-state index contributed by atoms with van der Waals surface area (Å²) < 4.78 is 0. The molecule has 1 atom stereocenters. The summed E-state index contributed by atoms with van der Waals surface area (Å²) in [5.74, 6) is 0.933. The molecule has 0 spiro atoms. The molecule has 0 saturated heterocycles. The summed E-state index contributed by atoms with van der Waals surface area (Å²) in [6.07, 6.45) is 7.88. The predicted octanol–water partition coefficient (Wildman–Crippen LogP) is 3.14. The fraction of sp³-hybridized carbons (Fsp3) is 0.778. The zero-order chi connectivity index (χ0) is 6.69. The summed E-state index contributed by atoms with van der Waals surface area (Å²) in [7, 11) is 0. The SMILES string of the molecule is CC1=CC[C@@H](C)CCC1. The van der Waals surface area contributed by atoms with Crippen molar-refractivity contribution < 1.29 is 0 Å². The lowest BCUT2D eigenvalue weighted by Gasteiger charge is -2.01. The Morgan fingerprint density at radius 3 is 3.11 bits per heavy atom. The third kappa shape index (κ3) is 2.21. The molecule has 0 unspecified atom stereocenters. The predicted molar refractivity (Wildman–Crippen MR) is 41.4 cm³/mol. The van der Waals surface area contributed by atoms with E-state index in [1.54, 1.807) is 5.57 Å². The zero-order valence-electron chi connectivity index (χ0n) is 6.48. The molecule has 1 aliphatic rings. The maximum absolute atomic E-state index is 2.40. The van der Waals surface area contributed by atoms with Gasteiger partial charge in [-0.25, -0.2) is 0 Å². The summed E-state index contributed by atoms with van der Waals surface area (Å²) in [5, 5.41) is 0. The largest absolute Gasteiger partial charge is 0.0853 e. The molecule has 0 aliphatic heterocycles. The molecule has 0 radical (unpaired) electrons. The Labute approximate surface area is 58.0 Å². The van der Waals surface area contributed by atoms with Gasteiger partial charge in [0, 0.05) is 0 Å². The molecule has 0 aromatic heterocycles. The van der Waals surface area contributed by atoms with Crippen molar-refractivity contribution in [3.05, 3.63) is 11.6 Å². The molecule has 0 N–H and O–H groups in total. The van der Waals surface area contributed by atoms with Crippen molar-refractivity contribution >= 4 is 0 Å². The maximum atomic E-state index is 2.40. The number of rotatable bonds is 0. The Morgan fingerprint density at radius 1 is 1.56 bits per heavy atom. The first-order chi connectivity index (χ1) is 4.29. The Bertz CT molecular complexity index is 111. The van der Waals surface area contributed by atoms with E-state index in [4.69, 9.17) is 0 Å². The van der Waals surface area contributed by atoms with Crippen molar-refractivity contribution in [2.75, 3.05) is 0 Å². The van der Waals surface area contributed by atoms with E-state index in [0.717, 1.165) is 5.92 Å². The minimum atomic E-state index is 0.933. The van der Waals surface area contributed by atoms with Crippen molar-refractivity contribution in [2.45, 2.75) is 39.5 Å². The van der Waals surface area contributed by atoms with Gasteiger partial charge in [-0.15, -0.1) is 0 Å². The molecular weight excluding hydrogens is 108 g/mol. The second-order valence-corrected chi connectivity index (χ2v) is 3.28. The topological polar surface area (TPSA) is 0 Å². The average molecular weight is 124 g/mol. The van der Waals surface area contributed by atoms with Crippen molar-refractivity contribution in [1.82, 2.24) is 0 Å². The molecule has 0 nitrogen and oxygen atoms in total. The van der Waals surface area contributed by atoms with Crippen LogP contribution in [0.1, 0.15) is 39.5 Å². The van der Waals surface area contributed by atoms with E-state index in [1.807, 2.05) is 0 Å². The molecule has 0 fully saturated rings. The van der Waals surface area contributed by atoms with E-state index in [1.165, 1.54) is 25.7 Å². The first-order valence-corrected chi connectivity index (χ1v) is 3.94. The van der Waals surface area contributed by atoms with Crippen LogP contribution >= 0.6 is 0 Å². The van der Waals surface area contributed by atoms with Gasteiger partial charge in [0.05, 0.1) is 0 Å². The van der Waals surface area contributed by atoms with Gasteiger partial charge in [-0.2, -0.15) is 0 Å². The first kappa shape index (κ1) is 6.85. The van der Waals surface area contributed by atoms with Crippen LogP contribution in [0.4, 0.5) is 0 Å². The third-order valence-corrected chi connectivity index (χ3v) is 2.14. The standard InChI is InChI=1S/C9H16/c1-8-4-3-5-9(2)7-6-8/h6,9H,3-5,7H2,1-2H3/t9-/m0/s1. The molecule has 0 saturated carbocycles. The highest BCUT2D eigenvalue weighted by molar-refractivity contribution is 5.00. The highest BCUT2D eigenvalue weighted by atomic mass is 14.1. The summed E-state index contributed by atoms with van der Waals surface area (Å²) in [5.41, 5.74) is 1.60. The molecule has 1 rings (SSSR count). The van der Waals surface area contributed by atoms with Crippen molar-refractivity contribution in [1.29, 1.82) is 0 Å². The van der Waals surface area contributed by atoms with Gasteiger partial charge >= 0.3 is 0 Å². The van der Waals surface area contributed by atoms with E-state index < -0.39 is 0 Å². The molecule has 1 aliphatic carbocycles. The Morgan fingerprint density at radius 2 is 2.33 bits per heavy atom. The molecular formula is C9H16.